The van der Waals surface area contributed by atoms with Gasteiger partial charge in [-0.05, 0) is 73.2 Å². The molecule has 1 aliphatic rings. The van der Waals surface area contributed by atoms with Crippen molar-refractivity contribution in [3.63, 3.8) is 0 Å². The summed E-state index contributed by atoms with van der Waals surface area (Å²) in [7, 11) is 2.09. The molecule has 0 bridgehead atoms. The highest BCUT2D eigenvalue weighted by Gasteiger charge is 2.27. The van der Waals surface area contributed by atoms with E-state index in [9.17, 15) is 4.79 Å². The minimum absolute atomic E-state index is 0.0408. The largest absolute Gasteiger partial charge is 0.310 e. The summed E-state index contributed by atoms with van der Waals surface area (Å²) in [5.41, 5.74) is 3.84. The van der Waals surface area contributed by atoms with Gasteiger partial charge in [0, 0.05) is 23.2 Å². The Bertz CT molecular complexity index is 608. The quantitative estimate of drug-likeness (QED) is 0.433. The standard InChI is InChI=1S/C21H32N2O/c1-16(2)18(4)20(13-17(3)9-11-21(5,6)7)23(15-24)19-10-12-22(8)14-19/h13,15,19H,1,10,12,14H2,2-8H3/b17-13+,20-18-. The van der Waals surface area contributed by atoms with Gasteiger partial charge >= 0.3 is 0 Å². The lowest BCUT2D eigenvalue weighted by Gasteiger charge is -2.28. The highest BCUT2D eigenvalue weighted by molar-refractivity contribution is 5.57. The second-order valence-electron chi connectivity index (χ2n) is 7.84. The Balaban J connectivity index is 3.26. The van der Waals surface area contributed by atoms with Crippen LogP contribution < -0.4 is 0 Å². The van der Waals surface area contributed by atoms with E-state index in [1.807, 2.05) is 31.7 Å². The molecule has 1 amide bonds. The van der Waals surface area contributed by atoms with E-state index in [1.54, 1.807) is 0 Å². The molecule has 3 heteroatoms. The Hall–Kier alpha value is -1.79. The van der Waals surface area contributed by atoms with Gasteiger partial charge in [0.15, 0.2) is 0 Å². The van der Waals surface area contributed by atoms with Gasteiger partial charge in [0.1, 0.15) is 0 Å². The van der Waals surface area contributed by atoms with Crippen molar-refractivity contribution in [3.05, 3.63) is 35.1 Å². The van der Waals surface area contributed by atoms with Crippen molar-refractivity contribution in [2.75, 3.05) is 20.1 Å². The summed E-state index contributed by atoms with van der Waals surface area (Å²) < 4.78 is 0. The molecule has 0 aliphatic carbocycles. The predicted octanol–water partition coefficient (Wildman–Crippen LogP) is 3.99. The van der Waals surface area contributed by atoms with Crippen molar-refractivity contribution >= 4 is 6.41 Å². The van der Waals surface area contributed by atoms with E-state index in [2.05, 4.69) is 51.1 Å². The Labute approximate surface area is 148 Å². The molecule has 1 heterocycles. The van der Waals surface area contributed by atoms with Crippen LogP contribution in [0.15, 0.2) is 35.1 Å². The number of allylic oxidation sites excluding steroid dienone is 4. The molecule has 132 valence electrons. The summed E-state index contributed by atoms with van der Waals surface area (Å²) in [6, 6.07) is 0.205. The Kier molecular flexibility index (Phi) is 7.05. The molecule has 1 fully saturated rings. The molecule has 0 spiro atoms. The van der Waals surface area contributed by atoms with E-state index in [0.29, 0.717) is 0 Å². The fourth-order valence-corrected chi connectivity index (χ4v) is 2.60. The number of likely N-dealkylation sites (N-methyl/N-ethyl adjacent to an activating group) is 1. The molecule has 0 aromatic heterocycles. The van der Waals surface area contributed by atoms with Gasteiger partial charge in [-0.2, -0.15) is 0 Å². The summed E-state index contributed by atoms with van der Waals surface area (Å²) in [5.74, 6) is 6.47. The number of carbonyl (C=O) groups is 1. The Morgan fingerprint density at radius 2 is 1.92 bits per heavy atom. The van der Waals surface area contributed by atoms with E-state index >= 15 is 0 Å². The van der Waals surface area contributed by atoms with Gasteiger partial charge in [0.25, 0.3) is 0 Å². The van der Waals surface area contributed by atoms with E-state index in [-0.39, 0.29) is 11.5 Å². The van der Waals surface area contributed by atoms with E-state index in [1.165, 1.54) is 0 Å². The second-order valence-corrected chi connectivity index (χ2v) is 7.84. The zero-order chi connectivity index (χ0) is 18.5. The van der Waals surface area contributed by atoms with Gasteiger partial charge in [-0.15, -0.1) is 0 Å². The first kappa shape index (κ1) is 20.3. The molecule has 0 radical (unpaired) electrons. The maximum atomic E-state index is 11.8. The molecule has 1 unspecified atom stereocenters. The monoisotopic (exact) mass is 328 g/mol. The molecule has 1 atom stereocenters. The first-order valence-electron chi connectivity index (χ1n) is 8.55. The van der Waals surface area contributed by atoms with Crippen LogP contribution in [0.5, 0.6) is 0 Å². The molecule has 3 nitrogen and oxygen atoms in total. The normalized spacial score (nSPS) is 20.1. The zero-order valence-electron chi connectivity index (χ0n) is 16.4. The van der Waals surface area contributed by atoms with Crippen LogP contribution in [0.25, 0.3) is 0 Å². The topological polar surface area (TPSA) is 23.6 Å². The first-order valence-corrected chi connectivity index (χ1v) is 8.55. The predicted molar refractivity (Wildman–Crippen MR) is 102 cm³/mol. The molecule has 1 saturated heterocycles. The van der Waals surface area contributed by atoms with Crippen LogP contribution in [-0.2, 0) is 4.79 Å². The average Bonchev–Trinajstić information content (AvgIpc) is 2.89. The number of nitrogens with zero attached hydrogens (tertiary/aromatic N) is 2. The molecule has 0 N–H and O–H groups in total. The summed E-state index contributed by atoms with van der Waals surface area (Å²) in [5, 5.41) is 0. The number of hydrogen-bond acceptors (Lipinski definition) is 2. The molecule has 24 heavy (non-hydrogen) atoms. The minimum Gasteiger partial charge on any atom is -0.310 e. The zero-order valence-corrected chi connectivity index (χ0v) is 16.4. The number of hydrogen-bond donors (Lipinski definition) is 0. The minimum atomic E-state index is -0.0408. The van der Waals surface area contributed by atoms with Crippen molar-refractivity contribution in [1.82, 2.24) is 9.80 Å². The maximum absolute atomic E-state index is 11.8. The SMILES string of the molecule is C=C(C)/C(C)=C(/C=C(\C)C#CC(C)(C)C)N(C=O)C1CCN(C)C1. The number of carbonyl (C=O) groups excluding carboxylic acids is 1. The second kappa shape index (κ2) is 8.35. The summed E-state index contributed by atoms with van der Waals surface area (Å²) >= 11 is 0. The highest BCUT2D eigenvalue weighted by atomic mass is 16.1. The van der Waals surface area contributed by atoms with Crippen molar-refractivity contribution in [2.45, 2.75) is 54.0 Å². The van der Waals surface area contributed by atoms with Gasteiger partial charge in [-0.1, -0.05) is 24.0 Å². The first-order chi connectivity index (χ1) is 11.0. The summed E-state index contributed by atoms with van der Waals surface area (Å²) in [6.07, 6.45) is 3.96. The lowest BCUT2D eigenvalue weighted by atomic mass is 9.97. The molecule has 0 saturated carbocycles. The Morgan fingerprint density at radius 3 is 2.33 bits per heavy atom. The van der Waals surface area contributed by atoms with Crippen LogP contribution in [0.4, 0.5) is 0 Å². The Morgan fingerprint density at radius 1 is 1.29 bits per heavy atom. The highest BCUT2D eigenvalue weighted by Crippen LogP contribution is 2.24. The van der Waals surface area contributed by atoms with Crippen LogP contribution >= 0.6 is 0 Å². The molecule has 0 aromatic rings. The molecule has 1 rings (SSSR count). The van der Waals surface area contributed by atoms with Gasteiger partial charge in [0.05, 0.1) is 6.04 Å². The van der Waals surface area contributed by atoms with Gasteiger partial charge in [-0.3, -0.25) is 4.79 Å². The third-order valence-electron chi connectivity index (χ3n) is 4.16. The third-order valence-corrected chi connectivity index (χ3v) is 4.16. The smallest absolute Gasteiger partial charge is 0.214 e. The van der Waals surface area contributed by atoms with E-state index < -0.39 is 0 Å². The van der Waals surface area contributed by atoms with Crippen molar-refractivity contribution in [1.29, 1.82) is 0 Å². The molecular weight excluding hydrogens is 296 g/mol. The number of likely N-dealkylation sites (tertiary alicyclic amines) is 1. The van der Waals surface area contributed by atoms with Gasteiger partial charge in [0.2, 0.25) is 6.41 Å². The summed E-state index contributed by atoms with van der Waals surface area (Å²) in [4.78, 5) is 16.0. The average molecular weight is 329 g/mol. The van der Waals surface area contributed by atoms with Gasteiger partial charge in [-0.25, -0.2) is 0 Å². The van der Waals surface area contributed by atoms with Crippen molar-refractivity contribution in [3.8, 4) is 11.8 Å². The van der Waals surface area contributed by atoms with Crippen molar-refractivity contribution < 1.29 is 4.79 Å². The van der Waals surface area contributed by atoms with E-state index in [4.69, 9.17) is 0 Å². The van der Waals surface area contributed by atoms with Crippen LogP contribution in [0.1, 0.15) is 48.0 Å². The lowest BCUT2D eigenvalue weighted by Crippen LogP contribution is -2.35. The van der Waals surface area contributed by atoms with Gasteiger partial charge < -0.3 is 9.80 Å². The van der Waals surface area contributed by atoms with E-state index in [0.717, 1.165) is 48.3 Å². The van der Waals surface area contributed by atoms with Crippen LogP contribution in [0.2, 0.25) is 0 Å². The van der Waals surface area contributed by atoms with Crippen LogP contribution in [0.3, 0.4) is 0 Å². The molecule has 1 aliphatic heterocycles. The number of rotatable bonds is 5. The fourth-order valence-electron chi connectivity index (χ4n) is 2.60. The number of amides is 1. The lowest BCUT2D eigenvalue weighted by molar-refractivity contribution is -0.117. The third kappa shape index (κ3) is 6.02. The summed E-state index contributed by atoms with van der Waals surface area (Å²) in [6.45, 7) is 18.2. The van der Waals surface area contributed by atoms with Crippen LogP contribution in [0, 0.1) is 17.3 Å². The fraction of sp³-hybridized carbons (Fsp3) is 0.571. The maximum Gasteiger partial charge on any atom is 0.214 e. The molecule has 0 aromatic carbocycles. The molecular formula is C21H32N2O. The van der Waals surface area contributed by atoms with Crippen LogP contribution in [-0.4, -0.2) is 42.4 Å². The van der Waals surface area contributed by atoms with Crippen molar-refractivity contribution in [2.24, 2.45) is 5.41 Å².